The molecule has 0 spiro atoms. The van der Waals surface area contributed by atoms with Crippen molar-refractivity contribution in [2.75, 3.05) is 0 Å². The van der Waals surface area contributed by atoms with Crippen molar-refractivity contribution in [3.05, 3.63) is 35.9 Å². The highest BCUT2D eigenvalue weighted by Crippen LogP contribution is 2.18. The number of benzene rings is 1. The van der Waals surface area contributed by atoms with Gasteiger partial charge in [0.25, 0.3) is 5.91 Å². The molecule has 0 bridgehead atoms. The number of nitrogens with one attached hydrogen (secondary N) is 1. The second-order valence-corrected chi connectivity index (χ2v) is 4.35. The molecule has 0 saturated carbocycles. The number of hydrogen-bond acceptors (Lipinski definition) is 4. The summed E-state index contributed by atoms with van der Waals surface area (Å²) in [5.74, 6) is -0.677. The molecule has 2 rings (SSSR count). The van der Waals surface area contributed by atoms with Crippen LogP contribution in [0.1, 0.15) is 23.7 Å². The Kier molecular flexibility index (Phi) is 3.62. The first-order valence-corrected chi connectivity index (χ1v) is 5.81. The van der Waals surface area contributed by atoms with Gasteiger partial charge < -0.3 is 15.2 Å². The molecule has 96 valence electrons. The van der Waals surface area contributed by atoms with Gasteiger partial charge in [-0.3, -0.25) is 9.59 Å². The molecule has 0 radical (unpaired) electrons. The van der Waals surface area contributed by atoms with Crippen LogP contribution in [0.15, 0.2) is 30.3 Å². The van der Waals surface area contributed by atoms with Gasteiger partial charge in [0.1, 0.15) is 6.10 Å². The number of carbonyl (C=O) groups excluding carboxylic acids is 2. The predicted octanol–water partition coefficient (Wildman–Crippen LogP) is 0.481. The summed E-state index contributed by atoms with van der Waals surface area (Å²) < 4.78 is 4.97. The first-order valence-electron chi connectivity index (χ1n) is 5.81. The Hall–Kier alpha value is -1.88. The highest BCUT2D eigenvalue weighted by Gasteiger charge is 2.38. The number of cyclic esters (lactones) is 1. The van der Waals surface area contributed by atoms with Gasteiger partial charge in [0.05, 0.1) is 18.6 Å². The summed E-state index contributed by atoms with van der Waals surface area (Å²) >= 11 is 0. The van der Waals surface area contributed by atoms with Gasteiger partial charge >= 0.3 is 5.97 Å². The Balaban J connectivity index is 2.05. The van der Waals surface area contributed by atoms with Crippen LogP contribution in [-0.2, 0) is 9.53 Å². The standard InChI is InChI=1S/C13H15NO4/c1-8(15)12-10(7-11(16)18-12)14-13(17)9-5-3-2-4-6-9/h2-6,8,10,12,15H,7H2,1H3,(H,14,17)/t8-,10-,12+/m1/s1. The van der Waals surface area contributed by atoms with Gasteiger partial charge in [-0.15, -0.1) is 0 Å². The first-order chi connectivity index (χ1) is 8.58. The van der Waals surface area contributed by atoms with E-state index >= 15 is 0 Å². The molecule has 3 atom stereocenters. The topological polar surface area (TPSA) is 75.6 Å². The zero-order valence-electron chi connectivity index (χ0n) is 10.00. The Morgan fingerprint density at radius 3 is 2.72 bits per heavy atom. The van der Waals surface area contributed by atoms with Crippen LogP contribution in [0.5, 0.6) is 0 Å². The Morgan fingerprint density at radius 1 is 1.44 bits per heavy atom. The third kappa shape index (κ3) is 2.68. The molecular formula is C13H15NO4. The van der Waals surface area contributed by atoms with E-state index in [0.29, 0.717) is 5.56 Å². The van der Waals surface area contributed by atoms with Gasteiger partial charge in [0, 0.05) is 5.56 Å². The maximum atomic E-state index is 11.9. The summed E-state index contributed by atoms with van der Waals surface area (Å²) in [5.41, 5.74) is 0.515. The van der Waals surface area contributed by atoms with Crippen molar-refractivity contribution < 1.29 is 19.4 Å². The van der Waals surface area contributed by atoms with Crippen LogP contribution in [0.3, 0.4) is 0 Å². The minimum Gasteiger partial charge on any atom is -0.457 e. The lowest BCUT2D eigenvalue weighted by molar-refractivity contribution is -0.145. The molecule has 1 amide bonds. The number of aliphatic hydroxyl groups is 1. The van der Waals surface area contributed by atoms with E-state index in [9.17, 15) is 14.7 Å². The molecule has 1 aromatic rings. The molecule has 1 fully saturated rings. The zero-order chi connectivity index (χ0) is 13.1. The van der Waals surface area contributed by atoms with Crippen molar-refractivity contribution in [2.45, 2.75) is 31.6 Å². The largest absolute Gasteiger partial charge is 0.457 e. The fraction of sp³-hybridized carbons (Fsp3) is 0.385. The number of aliphatic hydroxyl groups excluding tert-OH is 1. The minimum atomic E-state index is -0.808. The third-order valence-corrected chi connectivity index (χ3v) is 2.88. The maximum absolute atomic E-state index is 11.9. The molecule has 2 N–H and O–H groups in total. The van der Waals surface area contributed by atoms with Crippen LogP contribution in [0.4, 0.5) is 0 Å². The van der Waals surface area contributed by atoms with Gasteiger partial charge in [-0.1, -0.05) is 18.2 Å². The number of amides is 1. The molecule has 1 aromatic carbocycles. The maximum Gasteiger partial charge on any atom is 0.308 e. The fourth-order valence-electron chi connectivity index (χ4n) is 1.99. The van der Waals surface area contributed by atoms with Crippen molar-refractivity contribution in [1.82, 2.24) is 5.32 Å². The lowest BCUT2D eigenvalue weighted by atomic mass is 10.1. The summed E-state index contributed by atoms with van der Waals surface area (Å²) in [6.07, 6.45) is -1.39. The van der Waals surface area contributed by atoms with Crippen molar-refractivity contribution in [1.29, 1.82) is 0 Å². The van der Waals surface area contributed by atoms with Gasteiger partial charge in [0.2, 0.25) is 0 Å². The number of ether oxygens (including phenoxy) is 1. The lowest BCUT2D eigenvalue weighted by Crippen LogP contribution is -2.44. The first kappa shape index (κ1) is 12.6. The van der Waals surface area contributed by atoms with Crippen LogP contribution < -0.4 is 5.32 Å². The van der Waals surface area contributed by atoms with E-state index < -0.39 is 24.2 Å². The van der Waals surface area contributed by atoms with Crippen molar-refractivity contribution in [3.8, 4) is 0 Å². The highest BCUT2D eigenvalue weighted by molar-refractivity contribution is 5.94. The number of esters is 1. The molecule has 1 heterocycles. The van der Waals surface area contributed by atoms with Crippen LogP contribution in [-0.4, -0.2) is 35.2 Å². The van der Waals surface area contributed by atoms with E-state index in [-0.39, 0.29) is 12.3 Å². The molecule has 0 aromatic heterocycles. The van der Waals surface area contributed by atoms with Crippen molar-refractivity contribution in [2.24, 2.45) is 0 Å². The molecule has 1 aliphatic heterocycles. The molecule has 5 heteroatoms. The summed E-state index contributed by atoms with van der Waals surface area (Å²) in [6.45, 7) is 1.53. The molecule has 0 unspecified atom stereocenters. The number of rotatable bonds is 3. The van der Waals surface area contributed by atoms with Crippen LogP contribution in [0.2, 0.25) is 0 Å². The van der Waals surface area contributed by atoms with Gasteiger partial charge in [0.15, 0.2) is 0 Å². The number of hydrogen-bond donors (Lipinski definition) is 2. The average Bonchev–Trinajstić information content (AvgIpc) is 2.71. The van der Waals surface area contributed by atoms with E-state index in [2.05, 4.69) is 5.32 Å². The second-order valence-electron chi connectivity index (χ2n) is 4.35. The quantitative estimate of drug-likeness (QED) is 0.764. The Bertz CT molecular complexity index is 444. The fourth-order valence-corrected chi connectivity index (χ4v) is 1.99. The highest BCUT2D eigenvalue weighted by atomic mass is 16.6. The van der Waals surface area contributed by atoms with Crippen molar-refractivity contribution in [3.63, 3.8) is 0 Å². The van der Waals surface area contributed by atoms with Crippen LogP contribution >= 0.6 is 0 Å². The van der Waals surface area contributed by atoms with Crippen molar-refractivity contribution >= 4 is 11.9 Å². The van der Waals surface area contributed by atoms with Crippen LogP contribution in [0.25, 0.3) is 0 Å². The van der Waals surface area contributed by atoms with Crippen LogP contribution in [0, 0.1) is 0 Å². The smallest absolute Gasteiger partial charge is 0.308 e. The lowest BCUT2D eigenvalue weighted by Gasteiger charge is -2.20. The zero-order valence-corrected chi connectivity index (χ0v) is 10.00. The SMILES string of the molecule is C[C@@H](O)[C@@H]1OC(=O)C[C@H]1NC(=O)c1ccccc1. The van der Waals surface area contributed by atoms with E-state index in [4.69, 9.17) is 4.74 Å². The summed E-state index contributed by atoms with van der Waals surface area (Å²) in [6, 6.07) is 8.23. The molecule has 1 aliphatic rings. The second kappa shape index (κ2) is 5.18. The van der Waals surface area contributed by atoms with E-state index in [0.717, 1.165) is 0 Å². The van der Waals surface area contributed by atoms with Gasteiger partial charge in [-0.05, 0) is 19.1 Å². The van der Waals surface area contributed by atoms with E-state index in [1.54, 1.807) is 24.3 Å². The normalized spacial score (nSPS) is 24.4. The molecule has 0 aliphatic carbocycles. The average molecular weight is 249 g/mol. The molecule has 1 saturated heterocycles. The van der Waals surface area contributed by atoms with Gasteiger partial charge in [-0.25, -0.2) is 0 Å². The molecule has 18 heavy (non-hydrogen) atoms. The number of carbonyl (C=O) groups is 2. The van der Waals surface area contributed by atoms with E-state index in [1.807, 2.05) is 6.07 Å². The minimum absolute atomic E-state index is 0.0914. The van der Waals surface area contributed by atoms with E-state index in [1.165, 1.54) is 6.92 Å². The summed E-state index contributed by atoms with van der Waals surface area (Å²) in [4.78, 5) is 23.1. The Morgan fingerprint density at radius 2 is 2.11 bits per heavy atom. The monoisotopic (exact) mass is 249 g/mol. The Labute approximate surface area is 105 Å². The third-order valence-electron chi connectivity index (χ3n) is 2.88. The molecular weight excluding hydrogens is 234 g/mol. The predicted molar refractivity (Wildman–Crippen MR) is 63.9 cm³/mol. The summed E-state index contributed by atoms with van der Waals surface area (Å²) in [5, 5.41) is 12.2. The van der Waals surface area contributed by atoms with Gasteiger partial charge in [-0.2, -0.15) is 0 Å². The molecule has 5 nitrogen and oxygen atoms in total. The summed E-state index contributed by atoms with van der Waals surface area (Å²) in [7, 11) is 0.